The van der Waals surface area contributed by atoms with E-state index in [-0.39, 0.29) is 23.8 Å². The first kappa shape index (κ1) is 19.1. The Morgan fingerprint density at radius 2 is 2.04 bits per heavy atom. The van der Waals surface area contributed by atoms with Crippen LogP contribution in [0, 0.1) is 5.92 Å². The maximum atomic E-state index is 12.5. The van der Waals surface area contributed by atoms with E-state index in [4.69, 9.17) is 0 Å². The van der Waals surface area contributed by atoms with E-state index in [1.165, 1.54) is 0 Å². The van der Waals surface area contributed by atoms with Crippen LogP contribution >= 0.6 is 0 Å². The Kier molecular flexibility index (Phi) is 6.04. The summed E-state index contributed by atoms with van der Waals surface area (Å²) in [4.78, 5) is 33.4. The van der Waals surface area contributed by atoms with Crippen LogP contribution in [0.3, 0.4) is 0 Å². The summed E-state index contributed by atoms with van der Waals surface area (Å²) in [5.74, 6) is 1.27. The molecule has 0 radical (unpaired) electrons. The second kappa shape index (κ2) is 8.85. The molecule has 3 fully saturated rings. The van der Waals surface area contributed by atoms with Gasteiger partial charge in [0.15, 0.2) is 0 Å². The van der Waals surface area contributed by atoms with Crippen LogP contribution in [0.5, 0.6) is 0 Å². The number of fused-ring (bicyclic) bond motifs is 1. The van der Waals surface area contributed by atoms with Gasteiger partial charge >= 0.3 is 0 Å². The van der Waals surface area contributed by atoms with Crippen LogP contribution in [0.15, 0.2) is 24.4 Å². The van der Waals surface area contributed by atoms with E-state index in [1.54, 1.807) is 6.20 Å². The molecule has 152 valence electrons. The highest BCUT2D eigenvalue weighted by Gasteiger charge is 2.40. The minimum Gasteiger partial charge on any atom is -0.354 e. The molecule has 4 rings (SSSR count). The van der Waals surface area contributed by atoms with E-state index in [9.17, 15) is 9.59 Å². The highest BCUT2D eigenvalue weighted by atomic mass is 16.2. The fourth-order valence-electron chi connectivity index (χ4n) is 4.26. The molecule has 3 aliphatic heterocycles. The van der Waals surface area contributed by atoms with Crippen molar-refractivity contribution in [2.75, 3.05) is 50.7 Å². The van der Waals surface area contributed by atoms with E-state index in [0.29, 0.717) is 32.1 Å². The number of nitrogens with zero attached hydrogens (tertiary/aromatic N) is 3. The number of nitrogens with one attached hydrogen (secondary N) is 4. The number of amides is 2. The Labute approximate surface area is 165 Å². The number of piperidine rings is 1. The van der Waals surface area contributed by atoms with Gasteiger partial charge in [0.2, 0.25) is 11.8 Å². The Morgan fingerprint density at radius 3 is 2.82 bits per heavy atom. The second-order valence-electron chi connectivity index (χ2n) is 7.63. The number of rotatable bonds is 5. The number of hydrazine groups is 1. The Hall–Kier alpha value is -2.23. The lowest BCUT2D eigenvalue weighted by atomic mass is 9.89. The Bertz CT molecular complexity index is 678. The smallest absolute Gasteiger partial charge is 0.238 e. The number of pyridine rings is 1. The lowest BCUT2D eigenvalue weighted by molar-refractivity contribution is -0.131. The largest absolute Gasteiger partial charge is 0.354 e. The first-order valence-corrected chi connectivity index (χ1v) is 10.2. The van der Waals surface area contributed by atoms with Crippen molar-refractivity contribution >= 4 is 17.6 Å². The number of carbonyl (C=O) groups excluding carboxylic acids is 2. The topological polar surface area (TPSA) is 102 Å². The van der Waals surface area contributed by atoms with Crippen LogP contribution in [0.25, 0.3) is 0 Å². The van der Waals surface area contributed by atoms with E-state index < -0.39 is 0 Å². The molecule has 0 saturated carbocycles. The molecule has 3 saturated heterocycles. The third kappa shape index (κ3) is 4.26. The van der Waals surface area contributed by atoms with E-state index >= 15 is 0 Å². The van der Waals surface area contributed by atoms with Crippen LogP contribution in [-0.4, -0.2) is 79.6 Å². The summed E-state index contributed by atoms with van der Waals surface area (Å²) in [6, 6.07) is 5.97. The van der Waals surface area contributed by atoms with Crippen molar-refractivity contribution in [3.05, 3.63) is 24.4 Å². The van der Waals surface area contributed by atoms with Crippen LogP contribution in [-0.2, 0) is 9.59 Å². The fraction of sp³-hybridized carbons (Fsp3) is 0.632. The summed E-state index contributed by atoms with van der Waals surface area (Å²) >= 11 is 0. The Morgan fingerprint density at radius 1 is 1.18 bits per heavy atom. The van der Waals surface area contributed by atoms with E-state index in [0.717, 1.165) is 38.4 Å². The van der Waals surface area contributed by atoms with Crippen LogP contribution in [0.2, 0.25) is 0 Å². The van der Waals surface area contributed by atoms with Crippen LogP contribution in [0.1, 0.15) is 12.8 Å². The van der Waals surface area contributed by atoms with Crippen LogP contribution < -0.4 is 26.4 Å². The number of hydrogen-bond acceptors (Lipinski definition) is 7. The quantitative estimate of drug-likeness (QED) is 0.498. The van der Waals surface area contributed by atoms with Gasteiger partial charge in [0.25, 0.3) is 0 Å². The maximum Gasteiger partial charge on any atom is 0.238 e. The summed E-state index contributed by atoms with van der Waals surface area (Å²) in [7, 11) is 0. The second-order valence-corrected chi connectivity index (χ2v) is 7.63. The average molecular weight is 387 g/mol. The molecule has 1 aromatic heterocycles. The van der Waals surface area contributed by atoms with Crippen molar-refractivity contribution in [2.45, 2.75) is 24.9 Å². The molecular weight excluding hydrogens is 358 g/mol. The van der Waals surface area contributed by atoms with Crippen molar-refractivity contribution < 1.29 is 9.59 Å². The highest BCUT2D eigenvalue weighted by molar-refractivity contribution is 5.83. The van der Waals surface area contributed by atoms with E-state index in [2.05, 4.69) is 31.4 Å². The summed E-state index contributed by atoms with van der Waals surface area (Å²) in [6.07, 6.45) is 3.14. The van der Waals surface area contributed by atoms with Crippen molar-refractivity contribution in [2.24, 2.45) is 5.92 Å². The number of piperazine rings is 1. The molecule has 9 nitrogen and oxygen atoms in total. The molecule has 28 heavy (non-hydrogen) atoms. The van der Waals surface area contributed by atoms with Gasteiger partial charge in [0.1, 0.15) is 11.9 Å². The van der Waals surface area contributed by atoms with Gasteiger partial charge in [-0.25, -0.2) is 10.4 Å². The summed E-state index contributed by atoms with van der Waals surface area (Å²) in [6.45, 7) is 5.13. The summed E-state index contributed by atoms with van der Waals surface area (Å²) in [5, 5.41) is 6.27. The van der Waals surface area contributed by atoms with Gasteiger partial charge in [-0.1, -0.05) is 6.07 Å². The van der Waals surface area contributed by atoms with Gasteiger partial charge in [0, 0.05) is 63.8 Å². The predicted molar refractivity (Wildman–Crippen MR) is 105 cm³/mol. The molecule has 3 aliphatic rings. The lowest BCUT2D eigenvalue weighted by Gasteiger charge is -2.35. The molecule has 0 spiro atoms. The molecule has 0 bridgehead atoms. The number of aromatic nitrogens is 1. The number of hydrogen-bond donors (Lipinski definition) is 4. The monoisotopic (exact) mass is 387 g/mol. The van der Waals surface area contributed by atoms with Crippen molar-refractivity contribution in [1.29, 1.82) is 0 Å². The lowest BCUT2D eigenvalue weighted by Crippen LogP contribution is -2.51. The number of anilines is 1. The van der Waals surface area contributed by atoms with Gasteiger partial charge < -0.3 is 20.4 Å². The maximum absolute atomic E-state index is 12.5. The third-order valence-electron chi connectivity index (χ3n) is 5.91. The van der Waals surface area contributed by atoms with Gasteiger partial charge in [-0.3, -0.25) is 15.0 Å². The third-order valence-corrected chi connectivity index (χ3v) is 5.91. The van der Waals surface area contributed by atoms with Crippen molar-refractivity contribution in [1.82, 2.24) is 31.4 Å². The predicted octanol–water partition coefficient (Wildman–Crippen LogP) is -1.31. The first-order valence-electron chi connectivity index (χ1n) is 10.2. The van der Waals surface area contributed by atoms with Crippen LogP contribution in [0.4, 0.5) is 5.82 Å². The molecular formula is C19H29N7O2. The summed E-state index contributed by atoms with van der Waals surface area (Å²) in [5.41, 5.74) is 6.33. The minimum atomic E-state index is -0.241. The van der Waals surface area contributed by atoms with Gasteiger partial charge in [-0.15, -0.1) is 0 Å². The van der Waals surface area contributed by atoms with Gasteiger partial charge in [-0.2, -0.15) is 0 Å². The molecule has 9 heteroatoms. The minimum absolute atomic E-state index is 0.0310. The van der Waals surface area contributed by atoms with Gasteiger partial charge in [-0.05, 0) is 25.1 Å². The molecule has 0 aromatic carbocycles. The molecule has 4 heterocycles. The normalized spacial score (nSPS) is 27.4. The molecule has 0 aliphatic carbocycles. The highest BCUT2D eigenvalue weighted by Crippen LogP contribution is 2.20. The number of carbonyl (C=O) groups is 2. The average Bonchev–Trinajstić information content (AvgIpc) is 3.19. The standard InChI is InChI=1S/C19H29N7O2/c27-17(26-11-9-25(10-12-26)16-3-1-2-6-21-16)5-8-22-19(28)18-14-13-20-7-4-15(14)23-24-18/h1-3,6,14-15,18,20,23-24H,4-5,7-13H2,(H,22,28). The van der Waals surface area contributed by atoms with Crippen molar-refractivity contribution in [3.8, 4) is 0 Å². The molecule has 2 amide bonds. The molecule has 1 aromatic rings. The zero-order valence-electron chi connectivity index (χ0n) is 16.1. The van der Waals surface area contributed by atoms with E-state index in [1.807, 2.05) is 23.1 Å². The first-order chi connectivity index (χ1) is 13.7. The molecule has 3 atom stereocenters. The zero-order valence-corrected chi connectivity index (χ0v) is 16.1. The van der Waals surface area contributed by atoms with Gasteiger partial charge in [0.05, 0.1) is 0 Å². The molecule has 3 unspecified atom stereocenters. The SMILES string of the molecule is O=C(NCCC(=O)N1CCN(c2ccccn2)CC1)C1NNC2CCNCC21. The fourth-order valence-corrected chi connectivity index (χ4v) is 4.26. The Balaban J connectivity index is 1.17. The molecule has 4 N–H and O–H groups in total. The van der Waals surface area contributed by atoms with Crippen molar-refractivity contribution in [3.63, 3.8) is 0 Å². The zero-order chi connectivity index (χ0) is 19.3. The summed E-state index contributed by atoms with van der Waals surface area (Å²) < 4.78 is 0.